The highest BCUT2D eigenvalue weighted by molar-refractivity contribution is 6.37. The van der Waals surface area contributed by atoms with Crippen molar-refractivity contribution in [2.24, 2.45) is 35.5 Å². The average molecular weight is 1770 g/mol. The van der Waals surface area contributed by atoms with E-state index in [1.807, 2.05) is 56.2 Å². The first-order chi connectivity index (χ1) is 57.9. The molecule has 12 heterocycles. The number of fused-ring (bicyclic) bond motifs is 3. The number of anilines is 6. The van der Waals surface area contributed by atoms with Crippen molar-refractivity contribution < 1.29 is 52.7 Å². The minimum Gasteiger partial charge on any atom is -0.395 e. The van der Waals surface area contributed by atoms with Crippen molar-refractivity contribution in [2.75, 3.05) is 71.2 Å². The number of nitrogens with zero attached hydrogens (tertiary/aromatic N) is 15. The summed E-state index contributed by atoms with van der Waals surface area (Å²) in [5.74, 6) is -17.4. The van der Waals surface area contributed by atoms with Crippen LogP contribution in [0.2, 0.25) is 15.1 Å². The van der Waals surface area contributed by atoms with Crippen LogP contribution in [0, 0.1) is 126 Å². The summed E-state index contributed by atoms with van der Waals surface area (Å²) in [6, 6.07) is 8.31. The van der Waals surface area contributed by atoms with Crippen molar-refractivity contribution in [3.05, 3.63) is 205 Å². The van der Waals surface area contributed by atoms with Crippen LogP contribution in [0.3, 0.4) is 0 Å². The molecule has 0 amide bonds. The fourth-order valence-electron chi connectivity index (χ4n) is 17.1. The molecule has 0 unspecified atom stereocenters. The molecule has 6 atom stereocenters. The predicted molar refractivity (Wildman–Crippen MR) is 455 cm³/mol. The van der Waals surface area contributed by atoms with Crippen molar-refractivity contribution in [2.45, 2.75) is 141 Å². The van der Waals surface area contributed by atoms with Gasteiger partial charge in [-0.2, -0.15) is 15.0 Å². The molecule has 3 saturated heterocycles. The lowest BCUT2D eigenvalue weighted by molar-refractivity contribution is 0.355. The van der Waals surface area contributed by atoms with E-state index < -0.39 is 153 Å². The van der Waals surface area contributed by atoms with Crippen LogP contribution in [0.15, 0.2) is 69.4 Å². The Morgan fingerprint density at radius 2 is 0.569 bits per heavy atom. The number of hydrogen-bond acceptors (Lipinski definition) is 18. The number of nitrogen functional groups attached to an aromatic ring is 3. The van der Waals surface area contributed by atoms with E-state index in [4.69, 9.17) is 52.0 Å². The Morgan fingerprint density at radius 1 is 0.350 bits per heavy atom. The molecule has 123 heavy (non-hydrogen) atoms. The second-order valence-electron chi connectivity index (χ2n) is 33.5. The van der Waals surface area contributed by atoms with Crippen molar-refractivity contribution >= 4 is 102 Å². The van der Waals surface area contributed by atoms with Gasteiger partial charge in [-0.1, -0.05) is 118 Å². The Labute approximate surface area is 713 Å². The molecular formula is C87H87Cl3F12N18O3. The molecule has 0 bridgehead atoms. The van der Waals surface area contributed by atoms with Gasteiger partial charge in [0.05, 0.1) is 99.1 Å². The molecule has 0 aliphatic carbocycles. The smallest absolute Gasteiger partial charge is 0.355 e. The summed E-state index contributed by atoms with van der Waals surface area (Å²) in [7, 11) is 0. The van der Waals surface area contributed by atoms with Crippen LogP contribution < -0.4 is 49.0 Å². The van der Waals surface area contributed by atoms with Crippen LogP contribution in [0.4, 0.5) is 87.2 Å². The maximum absolute atomic E-state index is 15.9. The zero-order chi connectivity index (χ0) is 89.7. The molecule has 3 aliphatic rings. The van der Waals surface area contributed by atoms with Gasteiger partial charge in [-0.3, -0.25) is 15.0 Å². The SMILES string of the molecule is Cc1ccnc(C(C)C)c1-n1c(=O)nc(N2C[C@H](C)C[C@H](C)C2)c2cc(F)c(-c3c(F)c(F)c(F)c(N)c3Cl)nc21.Cc1ccnc(C(C)C)c1-n1c(=O)nc(N2C[C@H](C)C[C@H](C)C2)c2cc(F)c(-c3c(F)c(F)c(F)c(N)c3Cl)nc21.Cc1ccnc(C(C)C)c1-n1c(=O)nc(N2C[C@H](C)C[C@H](C)C2)c2cc(F)c(-c3c(F)c(F)c(F)c(N)c3Cl)nc21. The zero-order valence-electron chi connectivity index (χ0n) is 69.6. The fraction of sp³-hybridized carbons (Fsp3) is 0.379. The van der Waals surface area contributed by atoms with Crippen molar-refractivity contribution in [1.82, 2.24) is 58.6 Å². The number of hydrogen-bond donors (Lipinski definition) is 3. The van der Waals surface area contributed by atoms with E-state index in [1.165, 1.54) is 13.7 Å². The van der Waals surface area contributed by atoms with Crippen LogP contribution in [0.25, 0.3) is 83.9 Å². The lowest BCUT2D eigenvalue weighted by Crippen LogP contribution is -2.41. The summed E-state index contributed by atoms with van der Waals surface area (Å²) < 4.78 is 182. The van der Waals surface area contributed by atoms with Gasteiger partial charge in [-0.15, -0.1) is 0 Å². The molecule has 6 N–H and O–H groups in total. The van der Waals surface area contributed by atoms with Gasteiger partial charge < -0.3 is 31.9 Å². The molecule has 0 spiro atoms. The van der Waals surface area contributed by atoms with Crippen molar-refractivity contribution in [3.8, 4) is 50.8 Å². The van der Waals surface area contributed by atoms with Crippen molar-refractivity contribution in [3.63, 3.8) is 0 Å². The molecule has 3 aromatic carbocycles. The molecule has 15 rings (SSSR count). The first kappa shape index (κ1) is 89.6. The number of nitrogens with two attached hydrogens (primary N) is 3. The molecule has 12 aromatic rings. The first-order valence-corrected chi connectivity index (χ1v) is 40.9. The van der Waals surface area contributed by atoms with Crippen LogP contribution in [0.1, 0.15) is 154 Å². The normalized spacial score (nSPS) is 17.6. The lowest BCUT2D eigenvalue weighted by atomic mass is 9.92. The minimum absolute atomic E-state index is 0.0703. The summed E-state index contributed by atoms with van der Waals surface area (Å²) in [5, 5.41) is -1.69. The quantitative estimate of drug-likeness (QED) is 0.0444. The fourth-order valence-corrected chi connectivity index (χ4v) is 17.9. The summed E-state index contributed by atoms with van der Waals surface area (Å²) in [6.45, 7) is 32.6. The van der Waals surface area contributed by atoms with E-state index in [0.717, 1.165) is 37.5 Å². The number of aryl methyl sites for hydroxylation is 3. The topological polar surface area (TPSA) is 270 Å². The first-order valence-electron chi connectivity index (χ1n) is 39.8. The average Bonchev–Trinajstić information content (AvgIpc) is 0.738. The highest BCUT2D eigenvalue weighted by atomic mass is 35.5. The standard InChI is InChI=1S/3C29H29ClF4N6O/c3*1-12(2)24-26(15(5)6-7-36-24)40-28-16(27(38-29(40)41)39-10-13(3)8-14(4)11-39)9-17(31)25(37-28)18-19(30)23(35)22(34)21(33)20(18)32/h3*6-7,9,12-14H,8,10-11,35H2,1-5H3/t3*13-,14+. The lowest BCUT2D eigenvalue weighted by Gasteiger charge is -2.36. The number of halogens is 15. The summed E-state index contributed by atoms with van der Waals surface area (Å²) in [4.78, 5) is 87.0. The molecule has 36 heteroatoms. The monoisotopic (exact) mass is 1760 g/mol. The summed E-state index contributed by atoms with van der Waals surface area (Å²) in [6.07, 6.45) is 7.75. The maximum Gasteiger partial charge on any atom is 0.355 e. The molecule has 0 radical (unpaired) electrons. The van der Waals surface area contributed by atoms with E-state index in [2.05, 4.69) is 86.4 Å². The Kier molecular flexibility index (Phi) is 25.4. The Hall–Kier alpha value is -11.2. The number of rotatable bonds is 12. The number of pyridine rings is 6. The molecule has 9 aromatic heterocycles. The molecular weight excluding hydrogens is 1680 g/mol. The van der Waals surface area contributed by atoms with E-state index in [0.29, 0.717) is 90.1 Å². The van der Waals surface area contributed by atoms with Gasteiger partial charge in [-0.25, -0.2) is 95.7 Å². The third-order valence-electron chi connectivity index (χ3n) is 22.3. The van der Waals surface area contributed by atoms with Gasteiger partial charge in [-0.05, 0) is 146 Å². The molecule has 648 valence electrons. The third-order valence-corrected chi connectivity index (χ3v) is 23.5. The van der Waals surface area contributed by atoms with E-state index >= 15 is 26.3 Å². The molecule has 0 saturated carbocycles. The summed E-state index contributed by atoms with van der Waals surface area (Å²) in [5.41, 5.74) is 11.8. The van der Waals surface area contributed by atoms with Crippen LogP contribution in [0.5, 0.6) is 0 Å². The van der Waals surface area contributed by atoms with Crippen LogP contribution in [-0.2, 0) is 0 Å². The van der Waals surface area contributed by atoms with Crippen LogP contribution >= 0.6 is 34.8 Å². The Balaban J connectivity index is 0.000000159. The van der Waals surface area contributed by atoms with Crippen LogP contribution in [-0.4, -0.2) is 97.8 Å². The second kappa shape index (κ2) is 34.8. The van der Waals surface area contributed by atoms with E-state index in [9.17, 15) is 40.7 Å². The largest absolute Gasteiger partial charge is 0.395 e. The molecule has 3 aliphatic heterocycles. The van der Waals surface area contributed by atoms with Gasteiger partial charge in [0.1, 0.15) is 34.5 Å². The van der Waals surface area contributed by atoms with Gasteiger partial charge in [0.2, 0.25) is 0 Å². The second-order valence-corrected chi connectivity index (χ2v) is 34.6. The summed E-state index contributed by atoms with van der Waals surface area (Å²) >= 11 is 18.4. The highest BCUT2D eigenvalue weighted by Crippen LogP contribution is 2.46. The van der Waals surface area contributed by atoms with E-state index in [1.54, 1.807) is 57.6 Å². The van der Waals surface area contributed by atoms with E-state index in [-0.39, 0.29) is 104 Å². The number of piperidine rings is 3. The maximum atomic E-state index is 15.9. The zero-order valence-corrected chi connectivity index (χ0v) is 71.9. The van der Waals surface area contributed by atoms with Gasteiger partial charge in [0, 0.05) is 57.9 Å². The Morgan fingerprint density at radius 3 is 0.780 bits per heavy atom. The van der Waals surface area contributed by atoms with Gasteiger partial charge in [0.15, 0.2) is 86.7 Å². The Bertz CT molecular complexity index is 5770. The molecule has 3 fully saturated rings. The van der Waals surface area contributed by atoms with Gasteiger partial charge in [0.25, 0.3) is 0 Å². The highest BCUT2D eigenvalue weighted by Gasteiger charge is 2.37. The number of aromatic nitrogens is 12. The minimum atomic E-state index is -1.92. The predicted octanol–water partition coefficient (Wildman–Crippen LogP) is 19.6. The molecule has 21 nitrogen and oxygen atoms in total. The third kappa shape index (κ3) is 16.4. The van der Waals surface area contributed by atoms with Crippen molar-refractivity contribution in [1.29, 1.82) is 0 Å². The van der Waals surface area contributed by atoms with Gasteiger partial charge >= 0.3 is 17.1 Å². The number of benzene rings is 3.